The molecular weight excluding hydrogens is 145 g/mol. The molecule has 0 rings (SSSR count). The van der Waals surface area contributed by atoms with Crippen molar-refractivity contribution in [2.24, 2.45) is 0 Å². The summed E-state index contributed by atoms with van der Waals surface area (Å²) in [4.78, 5) is 0. The fourth-order valence-corrected chi connectivity index (χ4v) is 0. The standard InChI is InChI=1S/3H2N.Rh/h3*1H2;/q3*-1;+3. The van der Waals surface area contributed by atoms with E-state index in [1.807, 2.05) is 0 Å². The molecule has 0 aliphatic rings. The van der Waals surface area contributed by atoms with Gasteiger partial charge in [-0.15, -0.1) is 0 Å². The maximum Gasteiger partial charge on any atom is 3.00 e. The molecule has 3 nitrogen and oxygen atoms in total. The van der Waals surface area contributed by atoms with Gasteiger partial charge in [0.05, 0.1) is 0 Å². The molecule has 30 valence electrons. The Morgan fingerprint density at radius 2 is 0.500 bits per heavy atom. The third-order valence-electron chi connectivity index (χ3n) is 0. The van der Waals surface area contributed by atoms with Crippen molar-refractivity contribution < 1.29 is 19.5 Å². The largest absolute Gasteiger partial charge is 3.00 e. The first-order valence-corrected chi connectivity index (χ1v) is 0. The molecular formula is H6N3Rh. The van der Waals surface area contributed by atoms with E-state index < -0.39 is 0 Å². The van der Waals surface area contributed by atoms with Gasteiger partial charge in [-0.2, -0.15) is 0 Å². The van der Waals surface area contributed by atoms with Gasteiger partial charge in [0.1, 0.15) is 0 Å². The van der Waals surface area contributed by atoms with Gasteiger partial charge in [-0.1, -0.05) is 0 Å². The molecule has 4 heavy (non-hydrogen) atoms. The van der Waals surface area contributed by atoms with Gasteiger partial charge in [0.15, 0.2) is 0 Å². The Morgan fingerprint density at radius 3 is 0.500 bits per heavy atom. The van der Waals surface area contributed by atoms with Gasteiger partial charge in [0.25, 0.3) is 0 Å². The van der Waals surface area contributed by atoms with Crippen LogP contribution in [0.3, 0.4) is 0 Å². The van der Waals surface area contributed by atoms with Crippen LogP contribution in [-0.4, -0.2) is 0 Å². The van der Waals surface area contributed by atoms with Crippen LogP contribution in [0.5, 0.6) is 0 Å². The van der Waals surface area contributed by atoms with Crippen LogP contribution in [0.1, 0.15) is 0 Å². The maximum atomic E-state index is 0. The summed E-state index contributed by atoms with van der Waals surface area (Å²) in [6.45, 7) is 0. The average molecular weight is 151 g/mol. The molecule has 0 aromatic rings. The van der Waals surface area contributed by atoms with E-state index in [0.29, 0.717) is 0 Å². The van der Waals surface area contributed by atoms with Crippen LogP contribution < -0.4 is 0 Å². The van der Waals surface area contributed by atoms with Crippen LogP contribution in [0, 0.1) is 0 Å². The predicted octanol–water partition coefficient (Wildman–Crippen LogP) is 2.15. The summed E-state index contributed by atoms with van der Waals surface area (Å²) in [7, 11) is 0. The zero-order valence-electron chi connectivity index (χ0n) is 2.07. The second-order valence-corrected chi connectivity index (χ2v) is 0. The monoisotopic (exact) mass is 151 g/mol. The van der Waals surface area contributed by atoms with E-state index in [9.17, 15) is 0 Å². The molecule has 0 fully saturated rings. The van der Waals surface area contributed by atoms with Crippen molar-refractivity contribution in [1.29, 1.82) is 0 Å². The summed E-state index contributed by atoms with van der Waals surface area (Å²) >= 11 is 0. The minimum absolute atomic E-state index is 0. The Morgan fingerprint density at radius 1 is 0.500 bits per heavy atom. The maximum absolute atomic E-state index is 0. The Bertz CT molecular complexity index is 3.25. The summed E-state index contributed by atoms with van der Waals surface area (Å²) < 4.78 is 0. The quantitative estimate of drug-likeness (QED) is 0.473. The molecule has 0 saturated heterocycles. The summed E-state index contributed by atoms with van der Waals surface area (Å²) in [6.07, 6.45) is 0. The summed E-state index contributed by atoms with van der Waals surface area (Å²) in [5.74, 6) is 0. The molecule has 0 aliphatic carbocycles. The second-order valence-electron chi connectivity index (χ2n) is 0. The van der Waals surface area contributed by atoms with Crippen molar-refractivity contribution in [2.45, 2.75) is 0 Å². The Balaban J connectivity index is 0. The van der Waals surface area contributed by atoms with E-state index in [2.05, 4.69) is 0 Å². The van der Waals surface area contributed by atoms with Crippen molar-refractivity contribution in [2.75, 3.05) is 0 Å². The second kappa shape index (κ2) is 86.6. The molecule has 6 N–H and O–H groups in total. The van der Waals surface area contributed by atoms with E-state index >= 15 is 0 Å². The van der Waals surface area contributed by atoms with Crippen LogP contribution in [-0.2, 0) is 19.5 Å². The predicted molar refractivity (Wildman–Crippen MR) is 15.9 cm³/mol. The van der Waals surface area contributed by atoms with E-state index in [4.69, 9.17) is 0 Å². The molecule has 0 saturated carbocycles. The van der Waals surface area contributed by atoms with Crippen molar-refractivity contribution in [3.63, 3.8) is 0 Å². The zero-order valence-corrected chi connectivity index (χ0v) is 3.70. The van der Waals surface area contributed by atoms with Crippen LogP contribution in [0.15, 0.2) is 0 Å². The first-order chi connectivity index (χ1) is 0. The van der Waals surface area contributed by atoms with Crippen LogP contribution >= 0.6 is 0 Å². The smallest absolute Gasteiger partial charge is 0.693 e. The van der Waals surface area contributed by atoms with E-state index in [1.165, 1.54) is 0 Å². The minimum Gasteiger partial charge on any atom is -0.693 e. The normalized spacial score (nSPS) is 0. The summed E-state index contributed by atoms with van der Waals surface area (Å²) in [5.41, 5.74) is 0. The molecule has 0 aromatic carbocycles. The first kappa shape index (κ1) is 218. The Hall–Kier alpha value is 0.503. The molecule has 0 amide bonds. The van der Waals surface area contributed by atoms with Crippen molar-refractivity contribution in [1.82, 2.24) is 0 Å². The SMILES string of the molecule is [NH2-].[NH2-].[NH2-].[Rh+3]. The Kier molecular flexibility index (Phi) is 4730. The molecule has 0 unspecified atom stereocenters. The van der Waals surface area contributed by atoms with Crippen molar-refractivity contribution in [3.05, 3.63) is 18.5 Å². The molecule has 0 bridgehead atoms. The zero-order chi connectivity index (χ0) is 0. The number of nitrogens with two attached hydrogens (primary N) is 3. The molecule has 4 heteroatoms. The summed E-state index contributed by atoms with van der Waals surface area (Å²) in [5, 5.41) is 0. The van der Waals surface area contributed by atoms with Gasteiger partial charge in [-0.25, -0.2) is 0 Å². The van der Waals surface area contributed by atoms with Gasteiger partial charge in [-0.3, -0.25) is 0 Å². The van der Waals surface area contributed by atoms with Crippen molar-refractivity contribution in [3.8, 4) is 0 Å². The Labute approximate surface area is 38.7 Å². The molecule has 0 aromatic heterocycles. The number of rotatable bonds is 0. The first-order valence-electron chi connectivity index (χ1n) is 0. The van der Waals surface area contributed by atoms with Gasteiger partial charge in [0.2, 0.25) is 0 Å². The van der Waals surface area contributed by atoms with E-state index in [-0.39, 0.29) is 37.9 Å². The van der Waals surface area contributed by atoms with Crippen molar-refractivity contribution >= 4 is 0 Å². The molecule has 0 atom stereocenters. The minimum atomic E-state index is 0. The number of hydrogen-bond donors (Lipinski definition) is 0. The third kappa shape index (κ3) is 22.3. The summed E-state index contributed by atoms with van der Waals surface area (Å²) in [6, 6.07) is 0. The molecule has 0 spiro atoms. The molecule has 0 radical (unpaired) electrons. The fourth-order valence-electron chi connectivity index (χ4n) is 0. The van der Waals surface area contributed by atoms with Gasteiger partial charge >= 0.3 is 19.5 Å². The van der Waals surface area contributed by atoms with Crippen LogP contribution in [0.2, 0.25) is 0 Å². The van der Waals surface area contributed by atoms with Gasteiger partial charge in [0, 0.05) is 0 Å². The topological polar surface area (TPSA) is 100 Å². The van der Waals surface area contributed by atoms with Crippen LogP contribution in [0.4, 0.5) is 0 Å². The van der Waals surface area contributed by atoms with Gasteiger partial charge in [-0.05, 0) is 0 Å². The van der Waals surface area contributed by atoms with Crippen LogP contribution in [0.25, 0.3) is 18.5 Å². The average Bonchev–Trinajstić information content (AvgIpc) is 0. The fraction of sp³-hybridized carbons (Fsp3) is 0. The van der Waals surface area contributed by atoms with E-state index in [1.54, 1.807) is 0 Å². The van der Waals surface area contributed by atoms with Gasteiger partial charge < -0.3 is 18.5 Å². The van der Waals surface area contributed by atoms with E-state index in [0.717, 1.165) is 0 Å². The molecule has 0 heterocycles. The third-order valence-corrected chi connectivity index (χ3v) is 0. The molecule has 0 aliphatic heterocycles. The number of hydrogen-bond acceptors (Lipinski definition) is 0.